The molecule has 0 spiro atoms. The Kier molecular flexibility index (Phi) is 8.72. The third-order valence-electron chi connectivity index (χ3n) is 5.41. The SMILES string of the molecule is COCCCOc1ccnc(-c2cc(F)c(N3CCC(CCOC(C)=O)CC3)c(F)c2)n1. The standard InChI is InChI=1S/C23H29F2N3O4/c1-16(29)31-13-7-17-5-9-28(10-6-17)22-19(24)14-18(15-20(22)25)23-26-8-4-21(27-23)32-12-3-11-30-2/h4,8,14-15,17H,3,5-7,9-13H2,1-2H3. The van der Waals surface area contributed by atoms with E-state index in [1.165, 1.54) is 25.3 Å². The van der Waals surface area contributed by atoms with Gasteiger partial charge >= 0.3 is 5.97 Å². The second kappa shape index (κ2) is 11.7. The van der Waals surface area contributed by atoms with E-state index in [1.54, 1.807) is 18.1 Å². The molecule has 7 nitrogen and oxygen atoms in total. The van der Waals surface area contributed by atoms with Crippen LogP contribution in [0.1, 0.15) is 32.6 Å². The summed E-state index contributed by atoms with van der Waals surface area (Å²) in [6, 6.07) is 4.12. The van der Waals surface area contributed by atoms with Crippen molar-refractivity contribution >= 4 is 11.7 Å². The lowest BCUT2D eigenvalue weighted by molar-refractivity contribution is -0.141. The first kappa shape index (κ1) is 23.8. The number of benzene rings is 1. The Bertz CT molecular complexity index is 882. The molecule has 3 rings (SSSR count). The number of halogens is 2. The van der Waals surface area contributed by atoms with Gasteiger partial charge in [-0.3, -0.25) is 4.79 Å². The number of carbonyl (C=O) groups excluding carboxylic acids is 1. The summed E-state index contributed by atoms with van der Waals surface area (Å²) < 4.78 is 45.3. The number of piperidine rings is 1. The van der Waals surface area contributed by atoms with Crippen molar-refractivity contribution in [1.82, 2.24) is 9.97 Å². The maximum Gasteiger partial charge on any atom is 0.302 e. The topological polar surface area (TPSA) is 73.8 Å². The average Bonchev–Trinajstić information content (AvgIpc) is 2.77. The van der Waals surface area contributed by atoms with Gasteiger partial charge in [0.1, 0.15) is 17.3 Å². The highest BCUT2D eigenvalue weighted by molar-refractivity contribution is 5.65. The van der Waals surface area contributed by atoms with Crippen molar-refractivity contribution in [2.45, 2.75) is 32.6 Å². The second-order valence-corrected chi connectivity index (χ2v) is 7.76. The Morgan fingerprint density at radius 1 is 1.16 bits per heavy atom. The molecule has 0 unspecified atom stereocenters. The maximum atomic E-state index is 14.9. The molecule has 2 aromatic rings. The second-order valence-electron chi connectivity index (χ2n) is 7.76. The Labute approximate surface area is 186 Å². The monoisotopic (exact) mass is 449 g/mol. The highest BCUT2D eigenvalue weighted by atomic mass is 19.1. The molecule has 0 radical (unpaired) electrons. The van der Waals surface area contributed by atoms with Gasteiger partial charge in [-0.15, -0.1) is 0 Å². The van der Waals surface area contributed by atoms with Gasteiger partial charge in [0, 0.05) is 58.0 Å². The fraction of sp³-hybridized carbons (Fsp3) is 0.522. The number of aromatic nitrogens is 2. The minimum Gasteiger partial charge on any atom is -0.477 e. The van der Waals surface area contributed by atoms with E-state index in [1.807, 2.05) is 0 Å². The Morgan fingerprint density at radius 2 is 1.88 bits per heavy atom. The van der Waals surface area contributed by atoms with Crippen LogP contribution in [0.5, 0.6) is 5.88 Å². The number of anilines is 1. The fourth-order valence-electron chi connectivity index (χ4n) is 3.75. The van der Waals surface area contributed by atoms with Gasteiger partial charge in [0.2, 0.25) is 5.88 Å². The van der Waals surface area contributed by atoms with Crippen molar-refractivity contribution in [3.05, 3.63) is 36.0 Å². The molecule has 1 aromatic carbocycles. The van der Waals surface area contributed by atoms with Crippen LogP contribution in [0.2, 0.25) is 0 Å². The minimum atomic E-state index is -0.645. The fourth-order valence-corrected chi connectivity index (χ4v) is 3.75. The van der Waals surface area contributed by atoms with Crippen LogP contribution >= 0.6 is 0 Å². The van der Waals surface area contributed by atoms with Gasteiger partial charge in [-0.1, -0.05) is 0 Å². The first-order valence-corrected chi connectivity index (χ1v) is 10.8. The number of hydrogen-bond donors (Lipinski definition) is 0. The molecule has 1 aliphatic rings. The van der Waals surface area contributed by atoms with Gasteiger partial charge in [0.15, 0.2) is 5.82 Å². The molecule has 1 aromatic heterocycles. The van der Waals surface area contributed by atoms with Crippen LogP contribution in [0.3, 0.4) is 0 Å². The number of hydrogen-bond acceptors (Lipinski definition) is 7. The van der Waals surface area contributed by atoms with E-state index in [9.17, 15) is 13.6 Å². The molecule has 174 valence electrons. The summed E-state index contributed by atoms with van der Waals surface area (Å²) in [4.78, 5) is 21.0. The number of nitrogens with zero attached hydrogens (tertiary/aromatic N) is 3. The van der Waals surface area contributed by atoms with Crippen molar-refractivity contribution in [2.24, 2.45) is 5.92 Å². The van der Waals surface area contributed by atoms with Crippen molar-refractivity contribution in [3.63, 3.8) is 0 Å². The summed E-state index contributed by atoms with van der Waals surface area (Å²) in [5, 5.41) is 0. The third kappa shape index (κ3) is 6.59. The normalized spacial score (nSPS) is 14.4. The Morgan fingerprint density at radius 3 is 2.53 bits per heavy atom. The summed E-state index contributed by atoms with van der Waals surface area (Å²) in [7, 11) is 1.61. The quantitative estimate of drug-likeness (QED) is 0.401. The van der Waals surface area contributed by atoms with Crippen molar-refractivity contribution < 1.29 is 27.8 Å². The van der Waals surface area contributed by atoms with Gasteiger partial charge in [-0.25, -0.2) is 13.8 Å². The number of methoxy groups -OCH3 is 1. The zero-order chi connectivity index (χ0) is 22.9. The highest BCUT2D eigenvalue weighted by Crippen LogP contribution is 2.32. The number of rotatable bonds is 10. The summed E-state index contributed by atoms with van der Waals surface area (Å²) in [6.45, 7) is 3.84. The van der Waals surface area contributed by atoms with E-state index in [0.717, 1.165) is 19.3 Å². The van der Waals surface area contributed by atoms with Crippen LogP contribution in [-0.2, 0) is 14.3 Å². The lowest BCUT2D eigenvalue weighted by atomic mass is 9.93. The molecule has 2 heterocycles. The smallest absolute Gasteiger partial charge is 0.302 e. The molecular formula is C23H29F2N3O4. The molecule has 0 aliphatic carbocycles. The van der Waals surface area contributed by atoms with E-state index in [-0.39, 0.29) is 23.0 Å². The predicted octanol–water partition coefficient (Wildman–Crippen LogP) is 4.01. The van der Waals surface area contributed by atoms with Crippen LogP contribution in [0.4, 0.5) is 14.5 Å². The van der Waals surface area contributed by atoms with Crippen molar-refractivity contribution in [2.75, 3.05) is 44.9 Å². The summed E-state index contributed by atoms with van der Waals surface area (Å²) in [5.74, 6) is -0.675. The van der Waals surface area contributed by atoms with Crippen molar-refractivity contribution in [1.29, 1.82) is 0 Å². The Hall–Kier alpha value is -2.81. The van der Waals surface area contributed by atoms with E-state index in [4.69, 9.17) is 14.2 Å². The molecule has 0 bridgehead atoms. The molecule has 1 saturated heterocycles. The van der Waals surface area contributed by atoms with Crippen LogP contribution in [-0.4, -0.2) is 56.0 Å². The predicted molar refractivity (Wildman–Crippen MR) is 116 cm³/mol. The van der Waals surface area contributed by atoms with Crippen LogP contribution in [0.15, 0.2) is 24.4 Å². The van der Waals surface area contributed by atoms with Crippen molar-refractivity contribution in [3.8, 4) is 17.3 Å². The molecule has 0 saturated carbocycles. The molecule has 1 aliphatic heterocycles. The van der Waals surface area contributed by atoms with E-state index in [2.05, 4.69) is 9.97 Å². The van der Waals surface area contributed by atoms with Gasteiger partial charge in [-0.05, 0) is 37.3 Å². The van der Waals surface area contributed by atoms with Crippen LogP contribution in [0.25, 0.3) is 11.4 Å². The van der Waals surface area contributed by atoms with Gasteiger partial charge in [0.05, 0.1) is 13.2 Å². The third-order valence-corrected chi connectivity index (χ3v) is 5.41. The largest absolute Gasteiger partial charge is 0.477 e. The molecule has 0 amide bonds. The Balaban J connectivity index is 1.64. The first-order chi connectivity index (χ1) is 15.5. The van der Waals surface area contributed by atoms with Gasteiger partial charge < -0.3 is 19.1 Å². The van der Waals surface area contributed by atoms with Crippen LogP contribution < -0.4 is 9.64 Å². The van der Waals surface area contributed by atoms with Crippen LogP contribution in [0, 0.1) is 17.6 Å². The van der Waals surface area contributed by atoms with E-state index >= 15 is 0 Å². The molecule has 1 fully saturated rings. The summed E-state index contributed by atoms with van der Waals surface area (Å²) >= 11 is 0. The first-order valence-electron chi connectivity index (χ1n) is 10.8. The van der Waals surface area contributed by atoms with Gasteiger partial charge in [0.25, 0.3) is 0 Å². The number of esters is 1. The highest BCUT2D eigenvalue weighted by Gasteiger charge is 2.25. The molecular weight excluding hydrogens is 420 g/mol. The van der Waals surface area contributed by atoms with E-state index < -0.39 is 11.6 Å². The zero-order valence-electron chi connectivity index (χ0n) is 18.5. The minimum absolute atomic E-state index is 0.0286. The summed E-state index contributed by atoms with van der Waals surface area (Å²) in [5.41, 5.74) is 0.224. The average molecular weight is 449 g/mol. The zero-order valence-corrected chi connectivity index (χ0v) is 18.5. The summed E-state index contributed by atoms with van der Waals surface area (Å²) in [6.07, 6.45) is 4.53. The molecule has 9 heteroatoms. The lowest BCUT2D eigenvalue weighted by Gasteiger charge is -2.34. The lowest BCUT2D eigenvalue weighted by Crippen LogP contribution is -2.35. The van der Waals surface area contributed by atoms with E-state index in [0.29, 0.717) is 51.1 Å². The molecule has 0 N–H and O–H groups in total. The molecule has 0 atom stereocenters. The number of ether oxygens (including phenoxy) is 3. The molecule has 32 heavy (non-hydrogen) atoms. The van der Waals surface area contributed by atoms with Gasteiger partial charge in [-0.2, -0.15) is 4.98 Å². The number of carbonyl (C=O) groups is 1. The maximum absolute atomic E-state index is 14.9.